The van der Waals surface area contributed by atoms with Crippen LogP contribution in [0, 0.1) is 12.7 Å². The van der Waals surface area contributed by atoms with Crippen molar-refractivity contribution in [1.29, 1.82) is 0 Å². The van der Waals surface area contributed by atoms with E-state index < -0.39 is 6.04 Å². The Morgan fingerprint density at radius 1 is 1.29 bits per heavy atom. The zero-order valence-corrected chi connectivity index (χ0v) is 13.2. The van der Waals surface area contributed by atoms with Crippen molar-refractivity contribution in [2.24, 2.45) is 5.73 Å². The molecule has 0 aliphatic carbocycles. The van der Waals surface area contributed by atoms with Gasteiger partial charge in [0.2, 0.25) is 5.91 Å². The Labute approximate surface area is 131 Å². The number of hydrogen-bond acceptors (Lipinski definition) is 2. The molecule has 2 rings (SSSR count). The van der Waals surface area contributed by atoms with E-state index in [4.69, 9.17) is 5.73 Å². The fourth-order valence-electron chi connectivity index (χ4n) is 1.90. The lowest BCUT2D eigenvalue weighted by molar-refractivity contribution is -0.122. The predicted octanol–water partition coefficient (Wildman–Crippen LogP) is 3.21. The molecule has 0 radical (unpaired) electrons. The minimum atomic E-state index is -0.738. The fourth-order valence-corrected chi connectivity index (χ4v) is 2.28. The third-order valence-electron chi connectivity index (χ3n) is 3.18. The molecule has 0 fully saturated rings. The molecule has 0 saturated heterocycles. The number of nitrogens with two attached hydrogens (primary N) is 1. The largest absolute Gasteiger partial charge is 0.350 e. The number of halogens is 2. The van der Waals surface area contributed by atoms with Gasteiger partial charge in [-0.15, -0.1) is 0 Å². The Morgan fingerprint density at radius 3 is 2.62 bits per heavy atom. The van der Waals surface area contributed by atoms with Crippen LogP contribution in [-0.4, -0.2) is 5.91 Å². The van der Waals surface area contributed by atoms with Gasteiger partial charge in [0, 0.05) is 11.0 Å². The summed E-state index contributed by atoms with van der Waals surface area (Å²) in [6, 6.07) is 11.1. The van der Waals surface area contributed by atoms with Gasteiger partial charge in [-0.2, -0.15) is 0 Å². The van der Waals surface area contributed by atoms with Gasteiger partial charge in [0.25, 0.3) is 0 Å². The molecular weight excluding hydrogens is 335 g/mol. The molecule has 3 nitrogen and oxygen atoms in total. The van der Waals surface area contributed by atoms with Gasteiger partial charge in [-0.25, -0.2) is 4.39 Å². The van der Waals surface area contributed by atoms with Crippen LogP contribution in [0.3, 0.4) is 0 Å². The second-order valence-electron chi connectivity index (χ2n) is 4.84. The normalized spacial score (nSPS) is 12.0. The number of amides is 1. The van der Waals surface area contributed by atoms with Crippen LogP contribution in [0.25, 0.3) is 0 Å². The average Bonchev–Trinajstić information content (AvgIpc) is 2.48. The van der Waals surface area contributed by atoms with Crippen LogP contribution in [0.1, 0.15) is 22.7 Å². The van der Waals surface area contributed by atoms with Crippen molar-refractivity contribution < 1.29 is 9.18 Å². The van der Waals surface area contributed by atoms with Gasteiger partial charge in [0.15, 0.2) is 0 Å². The van der Waals surface area contributed by atoms with Crippen molar-refractivity contribution in [2.45, 2.75) is 19.5 Å². The lowest BCUT2D eigenvalue weighted by atomic mass is 10.1. The standard InChI is InChI=1S/C16H16BrFN2O/c1-10-2-4-11(5-3-10)15(19)16(21)20-9-12-8-13(18)6-7-14(12)17/h2-8,15H,9,19H2,1H3,(H,20,21). The quantitative estimate of drug-likeness (QED) is 0.889. The summed E-state index contributed by atoms with van der Waals surface area (Å²) in [5.74, 6) is -0.639. The van der Waals surface area contributed by atoms with Crippen molar-refractivity contribution in [2.75, 3.05) is 0 Å². The van der Waals surface area contributed by atoms with Gasteiger partial charge in [-0.1, -0.05) is 45.8 Å². The Kier molecular flexibility index (Phi) is 5.09. The zero-order valence-electron chi connectivity index (χ0n) is 11.6. The van der Waals surface area contributed by atoms with Crippen molar-refractivity contribution in [3.05, 3.63) is 69.4 Å². The van der Waals surface area contributed by atoms with E-state index in [0.717, 1.165) is 15.6 Å². The summed E-state index contributed by atoms with van der Waals surface area (Å²) >= 11 is 3.32. The third-order valence-corrected chi connectivity index (χ3v) is 3.95. The molecule has 110 valence electrons. The molecule has 1 unspecified atom stereocenters. The van der Waals surface area contributed by atoms with Gasteiger partial charge in [0.1, 0.15) is 11.9 Å². The molecule has 1 amide bonds. The summed E-state index contributed by atoms with van der Waals surface area (Å²) in [5, 5.41) is 2.72. The van der Waals surface area contributed by atoms with E-state index in [2.05, 4.69) is 21.2 Å². The summed E-state index contributed by atoms with van der Waals surface area (Å²) in [4.78, 5) is 12.1. The van der Waals surface area contributed by atoms with Gasteiger partial charge in [0.05, 0.1) is 0 Å². The van der Waals surface area contributed by atoms with Gasteiger partial charge >= 0.3 is 0 Å². The lowest BCUT2D eigenvalue weighted by Crippen LogP contribution is -2.33. The highest BCUT2D eigenvalue weighted by Gasteiger charge is 2.15. The second-order valence-corrected chi connectivity index (χ2v) is 5.70. The number of aryl methyl sites for hydroxylation is 1. The monoisotopic (exact) mass is 350 g/mol. The first-order valence-corrected chi connectivity index (χ1v) is 7.30. The summed E-state index contributed by atoms with van der Waals surface area (Å²) < 4.78 is 13.9. The first-order chi connectivity index (χ1) is 9.97. The van der Waals surface area contributed by atoms with E-state index in [-0.39, 0.29) is 18.3 Å². The van der Waals surface area contributed by atoms with Gasteiger partial charge < -0.3 is 11.1 Å². The topological polar surface area (TPSA) is 55.1 Å². The molecular formula is C16H16BrFN2O. The third kappa shape index (κ3) is 4.12. The molecule has 21 heavy (non-hydrogen) atoms. The highest BCUT2D eigenvalue weighted by molar-refractivity contribution is 9.10. The van der Waals surface area contributed by atoms with Crippen molar-refractivity contribution in [3.8, 4) is 0 Å². The molecule has 0 saturated carbocycles. The van der Waals surface area contributed by atoms with Gasteiger partial charge in [-0.3, -0.25) is 4.79 Å². The zero-order chi connectivity index (χ0) is 15.4. The van der Waals surface area contributed by atoms with E-state index in [1.54, 1.807) is 6.07 Å². The summed E-state index contributed by atoms with van der Waals surface area (Å²) in [6.07, 6.45) is 0. The molecule has 0 spiro atoms. The van der Waals surface area contributed by atoms with Crippen LogP contribution < -0.4 is 11.1 Å². The summed E-state index contributed by atoms with van der Waals surface area (Å²) in [7, 11) is 0. The van der Waals surface area contributed by atoms with E-state index in [1.807, 2.05) is 31.2 Å². The molecule has 5 heteroatoms. The smallest absolute Gasteiger partial charge is 0.241 e. The molecule has 2 aromatic rings. The highest BCUT2D eigenvalue weighted by Crippen LogP contribution is 2.18. The van der Waals surface area contributed by atoms with Crippen LogP contribution in [0.4, 0.5) is 4.39 Å². The minimum Gasteiger partial charge on any atom is -0.350 e. The maximum absolute atomic E-state index is 13.2. The Morgan fingerprint density at radius 2 is 1.95 bits per heavy atom. The first kappa shape index (κ1) is 15.7. The van der Waals surface area contributed by atoms with Crippen LogP contribution >= 0.6 is 15.9 Å². The van der Waals surface area contributed by atoms with E-state index >= 15 is 0 Å². The fraction of sp³-hybridized carbons (Fsp3) is 0.188. The number of carbonyl (C=O) groups is 1. The van der Waals surface area contributed by atoms with E-state index in [0.29, 0.717) is 5.56 Å². The second kappa shape index (κ2) is 6.83. The van der Waals surface area contributed by atoms with Crippen molar-refractivity contribution >= 4 is 21.8 Å². The maximum Gasteiger partial charge on any atom is 0.241 e. The van der Waals surface area contributed by atoms with Crippen molar-refractivity contribution in [1.82, 2.24) is 5.32 Å². The van der Waals surface area contributed by atoms with Gasteiger partial charge in [-0.05, 0) is 36.2 Å². The number of rotatable bonds is 4. The molecule has 0 aliphatic rings. The number of carbonyl (C=O) groups excluding carboxylic acids is 1. The predicted molar refractivity (Wildman–Crippen MR) is 84.1 cm³/mol. The van der Waals surface area contributed by atoms with Crippen molar-refractivity contribution in [3.63, 3.8) is 0 Å². The molecule has 0 bridgehead atoms. The maximum atomic E-state index is 13.2. The molecule has 0 aliphatic heterocycles. The summed E-state index contributed by atoms with van der Waals surface area (Å²) in [6.45, 7) is 2.19. The first-order valence-electron chi connectivity index (χ1n) is 6.51. The van der Waals surface area contributed by atoms with E-state index in [9.17, 15) is 9.18 Å². The molecule has 1 atom stereocenters. The molecule has 3 N–H and O–H groups in total. The molecule has 2 aromatic carbocycles. The highest BCUT2D eigenvalue weighted by atomic mass is 79.9. The Hall–Kier alpha value is -1.72. The lowest BCUT2D eigenvalue weighted by Gasteiger charge is -2.13. The minimum absolute atomic E-state index is 0.219. The number of hydrogen-bond donors (Lipinski definition) is 2. The van der Waals surface area contributed by atoms with Crippen LogP contribution in [0.2, 0.25) is 0 Å². The van der Waals surface area contributed by atoms with E-state index in [1.165, 1.54) is 12.1 Å². The SMILES string of the molecule is Cc1ccc(C(N)C(=O)NCc2cc(F)ccc2Br)cc1. The molecule has 0 aromatic heterocycles. The number of nitrogens with one attached hydrogen (secondary N) is 1. The summed E-state index contributed by atoms with van der Waals surface area (Å²) in [5.41, 5.74) is 8.44. The number of benzene rings is 2. The Balaban J connectivity index is 2.01. The van der Waals surface area contributed by atoms with Crippen LogP contribution in [0.5, 0.6) is 0 Å². The van der Waals surface area contributed by atoms with Crippen LogP contribution in [-0.2, 0) is 11.3 Å². The average molecular weight is 351 g/mol. The Bertz CT molecular complexity index is 643. The van der Waals surface area contributed by atoms with Crippen LogP contribution in [0.15, 0.2) is 46.9 Å². The molecule has 0 heterocycles.